The van der Waals surface area contributed by atoms with Crippen LogP contribution in [-0.4, -0.2) is 52.9 Å². The molecule has 0 aliphatic heterocycles. The summed E-state index contributed by atoms with van der Waals surface area (Å²) in [6, 6.07) is 0. The van der Waals surface area contributed by atoms with Crippen LogP contribution in [0, 0.1) is 41.4 Å². The lowest BCUT2D eigenvalue weighted by molar-refractivity contribution is -0.152. The second-order valence-electron chi connectivity index (χ2n) is 21.5. The fourth-order valence-electron chi connectivity index (χ4n) is 11.0. The molecule has 6 atom stereocenters. The summed E-state index contributed by atoms with van der Waals surface area (Å²) in [5, 5.41) is 24.7. The van der Waals surface area contributed by atoms with Crippen LogP contribution in [-0.2, 0) is 14.4 Å². The zero-order valence-corrected chi connectivity index (χ0v) is 44.0. The lowest BCUT2D eigenvalue weighted by atomic mass is 9.78. The molecule has 9 heteroatoms. The van der Waals surface area contributed by atoms with Crippen LogP contribution >= 0.6 is 0 Å². The van der Waals surface area contributed by atoms with Gasteiger partial charge in [0.1, 0.15) is 0 Å². The van der Waals surface area contributed by atoms with E-state index in [0.717, 1.165) is 55.1 Å². The van der Waals surface area contributed by atoms with Gasteiger partial charge in [-0.1, -0.05) is 252 Å². The summed E-state index contributed by atoms with van der Waals surface area (Å²) < 4.78 is 0. The highest BCUT2D eigenvalue weighted by atomic mass is 16.4. The highest BCUT2D eigenvalue weighted by Crippen LogP contribution is 2.35. The van der Waals surface area contributed by atoms with E-state index in [1.165, 1.54) is 250 Å². The first-order chi connectivity index (χ1) is 32.0. The number of carbonyl (C=O) groups is 3. The fourth-order valence-corrected chi connectivity index (χ4v) is 11.0. The Morgan fingerprint density at radius 3 is 0.773 bits per heavy atom. The Labute approximate surface area is 408 Å². The molecule has 9 nitrogen and oxygen atoms in total. The average molecular weight is 937 g/mol. The van der Waals surface area contributed by atoms with E-state index >= 15 is 0 Å². The van der Waals surface area contributed by atoms with Crippen molar-refractivity contribution in [1.82, 2.24) is 0 Å². The minimum absolute atomic E-state index is 0.665. The molecule has 0 saturated heterocycles. The van der Waals surface area contributed by atoms with Crippen molar-refractivity contribution >= 4 is 17.9 Å². The van der Waals surface area contributed by atoms with Gasteiger partial charge in [-0.2, -0.15) is 0 Å². The van der Waals surface area contributed by atoms with Crippen LogP contribution < -0.4 is 17.2 Å². The van der Waals surface area contributed by atoms with Crippen molar-refractivity contribution in [1.29, 1.82) is 0 Å². The average Bonchev–Trinajstić information content (AvgIpc) is 3.29. The Morgan fingerprint density at radius 1 is 0.364 bits per heavy atom. The predicted molar refractivity (Wildman–Crippen MR) is 281 cm³/mol. The maximum atomic E-state index is 10.2. The highest BCUT2D eigenvalue weighted by molar-refractivity contribution is 5.82. The van der Waals surface area contributed by atoms with Crippen LogP contribution in [0.1, 0.15) is 284 Å². The molecular formula is C57H113N3O6. The molecule has 3 saturated carbocycles. The van der Waals surface area contributed by atoms with E-state index in [1.54, 1.807) is 0 Å². The monoisotopic (exact) mass is 936 g/mol. The van der Waals surface area contributed by atoms with Crippen molar-refractivity contribution in [2.75, 3.05) is 19.6 Å². The zero-order chi connectivity index (χ0) is 48.9. The van der Waals surface area contributed by atoms with Crippen LogP contribution in [0.25, 0.3) is 0 Å². The Kier molecular flexibility index (Phi) is 45.8. The molecule has 0 heterocycles. The van der Waals surface area contributed by atoms with Crippen LogP contribution in [0.5, 0.6) is 0 Å². The summed E-state index contributed by atoms with van der Waals surface area (Å²) in [5.74, 6) is 0.821. The Bertz CT molecular complexity index is 981. The molecule has 0 amide bonds. The van der Waals surface area contributed by atoms with Gasteiger partial charge in [-0.15, -0.1) is 0 Å². The molecule has 3 rings (SSSR count). The lowest BCUT2D eigenvalue weighted by Crippen LogP contribution is -2.20. The number of rotatable bonds is 35. The summed E-state index contributed by atoms with van der Waals surface area (Å²) in [7, 11) is 0. The van der Waals surface area contributed by atoms with Gasteiger partial charge in [0.05, 0.1) is 18.8 Å². The Balaban J connectivity index is 0.000000864. The van der Waals surface area contributed by atoms with Crippen molar-refractivity contribution in [2.24, 2.45) is 58.6 Å². The molecule has 0 bridgehead atoms. The molecule has 6 unspecified atom stereocenters. The Hall–Kier alpha value is -1.71. The van der Waals surface area contributed by atoms with Gasteiger partial charge >= 0.3 is 17.9 Å². The lowest BCUT2D eigenvalue weighted by Gasteiger charge is -2.28. The highest BCUT2D eigenvalue weighted by Gasteiger charge is 2.24. The molecule has 0 aromatic rings. The number of unbranched alkanes of at least 4 members (excludes halogenated alkanes) is 21. The SMILES string of the molecule is CC1CCCCC1CCCCCCCCCCN.CC1CCCCC1CCCCCCCCCCN.CC1CCCCC1CCCCCCCCCCN.O=C(O)CC(CC(=O)O)C(=O)O. The standard InChI is InChI=1S/3C17H35N.C6H8O6/c3*1-16-12-9-10-14-17(16)13-8-6-4-2-3-5-7-11-15-18;7-4(8)1-3(6(11)12)2-5(9)10/h3*16-17H,2-15,18H2,1H3;3H,1-2H2,(H,7,8)(H,9,10)(H,11,12). The summed E-state index contributed by atoms with van der Waals surface area (Å²) in [4.78, 5) is 30.3. The molecule has 3 aliphatic carbocycles. The Morgan fingerprint density at radius 2 is 0.576 bits per heavy atom. The normalized spacial score (nSPS) is 21.7. The van der Waals surface area contributed by atoms with E-state index in [0.29, 0.717) is 0 Å². The number of carboxylic acids is 3. The molecule has 0 aromatic heterocycles. The van der Waals surface area contributed by atoms with Crippen molar-refractivity contribution in [2.45, 2.75) is 284 Å². The molecule has 0 radical (unpaired) electrons. The van der Waals surface area contributed by atoms with Gasteiger partial charge < -0.3 is 32.5 Å². The van der Waals surface area contributed by atoms with Gasteiger partial charge in [0.25, 0.3) is 0 Å². The maximum absolute atomic E-state index is 10.2. The number of hydrogen-bond acceptors (Lipinski definition) is 6. The minimum Gasteiger partial charge on any atom is -0.481 e. The summed E-state index contributed by atoms with van der Waals surface area (Å²) in [5.41, 5.74) is 16.5. The van der Waals surface area contributed by atoms with Crippen LogP contribution in [0.15, 0.2) is 0 Å². The van der Waals surface area contributed by atoms with Crippen LogP contribution in [0.3, 0.4) is 0 Å². The predicted octanol–water partition coefficient (Wildman–Crippen LogP) is 15.5. The third-order valence-corrected chi connectivity index (χ3v) is 15.6. The number of hydrogen-bond donors (Lipinski definition) is 6. The van der Waals surface area contributed by atoms with Crippen molar-refractivity contribution in [3.63, 3.8) is 0 Å². The van der Waals surface area contributed by atoms with Gasteiger partial charge in [0.2, 0.25) is 0 Å². The molecule has 9 N–H and O–H groups in total. The third-order valence-electron chi connectivity index (χ3n) is 15.6. The van der Waals surface area contributed by atoms with Gasteiger partial charge in [0, 0.05) is 0 Å². The van der Waals surface area contributed by atoms with E-state index in [4.69, 9.17) is 32.5 Å². The van der Waals surface area contributed by atoms with E-state index in [1.807, 2.05) is 0 Å². The van der Waals surface area contributed by atoms with Crippen molar-refractivity contribution in [3.05, 3.63) is 0 Å². The second kappa shape index (κ2) is 47.0. The molecule has 3 fully saturated rings. The van der Waals surface area contributed by atoms with Crippen LogP contribution in [0.2, 0.25) is 0 Å². The molecule has 3 aliphatic rings. The van der Waals surface area contributed by atoms with Crippen molar-refractivity contribution in [3.8, 4) is 0 Å². The van der Waals surface area contributed by atoms with Gasteiger partial charge in [0.15, 0.2) is 0 Å². The maximum Gasteiger partial charge on any atom is 0.307 e. The molecule has 66 heavy (non-hydrogen) atoms. The quantitative estimate of drug-likeness (QED) is 0.0336. The fraction of sp³-hybridized carbons (Fsp3) is 0.947. The molecular weight excluding hydrogens is 823 g/mol. The summed E-state index contributed by atoms with van der Waals surface area (Å²) >= 11 is 0. The molecule has 0 aromatic carbocycles. The van der Waals surface area contributed by atoms with E-state index in [-0.39, 0.29) is 0 Å². The van der Waals surface area contributed by atoms with Gasteiger partial charge in [-0.05, 0) is 74.4 Å². The van der Waals surface area contributed by atoms with Gasteiger partial charge in [-0.25, -0.2) is 0 Å². The summed E-state index contributed by atoms with van der Waals surface area (Å²) in [6.07, 6.45) is 54.9. The van der Waals surface area contributed by atoms with E-state index in [9.17, 15) is 14.4 Å². The first kappa shape index (κ1) is 64.3. The van der Waals surface area contributed by atoms with Crippen LogP contribution in [0.4, 0.5) is 0 Å². The largest absolute Gasteiger partial charge is 0.481 e. The second-order valence-corrected chi connectivity index (χ2v) is 21.5. The summed E-state index contributed by atoms with van der Waals surface area (Å²) in [6.45, 7) is 10.0. The zero-order valence-electron chi connectivity index (χ0n) is 44.0. The smallest absolute Gasteiger partial charge is 0.307 e. The van der Waals surface area contributed by atoms with E-state index < -0.39 is 36.7 Å². The minimum atomic E-state index is -1.40. The third kappa shape index (κ3) is 40.2. The van der Waals surface area contributed by atoms with E-state index in [2.05, 4.69) is 20.8 Å². The molecule has 0 spiro atoms. The number of aliphatic carboxylic acids is 3. The van der Waals surface area contributed by atoms with Gasteiger partial charge in [-0.3, -0.25) is 14.4 Å². The topological polar surface area (TPSA) is 190 Å². The first-order valence-electron chi connectivity index (χ1n) is 28.7. The number of carboxylic acid groups (broad SMARTS) is 3. The molecule has 392 valence electrons. The first-order valence-corrected chi connectivity index (χ1v) is 28.7. The van der Waals surface area contributed by atoms with Crippen molar-refractivity contribution < 1.29 is 29.7 Å². The number of nitrogens with two attached hydrogens (primary N) is 3.